The van der Waals surface area contributed by atoms with Crippen LogP contribution in [0, 0.1) is 13.8 Å². The van der Waals surface area contributed by atoms with Crippen LogP contribution in [0.25, 0.3) is 0 Å². The molecule has 0 saturated carbocycles. The fraction of sp³-hybridized carbons (Fsp3) is 0.538. The van der Waals surface area contributed by atoms with Gasteiger partial charge in [-0.2, -0.15) is 0 Å². The number of hydrogen-bond donors (Lipinski definition) is 2. The Bertz CT molecular complexity index is 359. The van der Waals surface area contributed by atoms with Gasteiger partial charge in [-0.3, -0.25) is 0 Å². The molecule has 1 atom stereocenters. The Hall–Kier alpha value is -0.570. The summed E-state index contributed by atoms with van der Waals surface area (Å²) in [6, 6.07) is 6.18. The van der Waals surface area contributed by atoms with E-state index in [0.29, 0.717) is 6.54 Å². The first-order valence-electron chi connectivity index (χ1n) is 5.63. The van der Waals surface area contributed by atoms with E-state index in [9.17, 15) is 5.11 Å². The number of hydrogen-bond acceptors (Lipinski definition) is 2. The third-order valence-corrected chi connectivity index (χ3v) is 3.47. The van der Waals surface area contributed by atoms with E-state index in [1.807, 2.05) is 6.07 Å². The molecule has 0 bridgehead atoms. The number of β-amino-alcohol motifs (C(OH)–C–C–N with tert-alkyl or cyclic N) is 1. The van der Waals surface area contributed by atoms with Gasteiger partial charge in [-0.1, -0.05) is 18.2 Å². The Morgan fingerprint density at radius 1 is 1.31 bits per heavy atom. The van der Waals surface area contributed by atoms with Crippen LogP contribution in [-0.4, -0.2) is 18.2 Å². The molecule has 0 spiro atoms. The van der Waals surface area contributed by atoms with Crippen LogP contribution in [0.5, 0.6) is 0 Å². The first-order chi connectivity index (χ1) is 7.13. The lowest BCUT2D eigenvalue weighted by atomic mass is 9.83. The lowest BCUT2D eigenvalue weighted by Crippen LogP contribution is -2.43. The van der Waals surface area contributed by atoms with Crippen LogP contribution in [0.2, 0.25) is 0 Å². The number of rotatable bonds is 1. The summed E-state index contributed by atoms with van der Waals surface area (Å²) in [5, 5.41) is 13.9. The van der Waals surface area contributed by atoms with Crippen LogP contribution in [0.3, 0.4) is 0 Å². The van der Waals surface area contributed by atoms with Crippen LogP contribution < -0.4 is 5.32 Å². The van der Waals surface area contributed by atoms with Crippen molar-refractivity contribution < 1.29 is 5.11 Å². The first kappa shape index (κ1) is 13.5. The molecule has 0 aromatic heterocycles. The lowest BCUT2D eigenvalue weighted by molar-refractivity contribution is 0.0117. The highest BCUT2D eigenvalue weighted by Crippen LogP contribution is 2.31. The third-order valence-electron chi connectivity index (χ3n) is 3.47. The largest absolute Gasteiger partial charge is 0.384 e. The maximum atomic E-state index is 10.6. The Kier molecular flexibility index (Phi) is 4.36. The molecule has 1 aromatic carbocycles. The topological polar surface area (TPSA) is 32.3 Å². The normalized spacial score (nSPS) is 24.9. The molecule has 1 fully saturated rings. The van der Waals surface area contributed by atoms with Crippen molar-refractivity contribution in [2.75, 3.05) is 13.1 Å². The Balaban J connectivity index is 0.00000128. The van der Waals surface area contributed by atoms with Gasteiger partial charge in [-0.15, -0.1) is 12.4 Å². The predicted molar refractivity (Wildman–Crippen MR) is 69.2 cm³/mol. The van der Waals surface area contributed by atoms with Gasteiger partial charge in [0, 0.05) is 6.54 Å². The Morgan fingerprint density at radius 3 is 2.69 bits per heavy atom. The summed E-state index contributed by atoms with van der Waals surface area (Å²) in [5.41, 5.74) is 2.92. The second-order valence-corrected chi connectivity index (χ2v) is 4.56. The number of nitrogens with one attached hydrogen (secondary N) is 1. The molecule has 2 rings (SSSR count). The molecule has 0 aliphatic carbocycles. The van der Waals surface area contributed by atoms with Crippen LogP contribution in [0.4, 0.5) is 0 Å². The van der Waals surface area contributed by atoms with Crippen molar-refractivity contribution in [2.24, 2.45) is 0 Å². The van der Waals surface area contributed by atoms with Gasteiger partial charge in [-0.05, 0) is 49.9 Å². The zero-order valence-electron chi connectivity index (χ0n) is 9.92. The van der Waals surface area contributed by atoms with Gasteiger partial charge < -0.3 is 10.4 Å². The molecule has 1 unspecified atom stereocenters. The fourth-order valence-electron chi connectivity index (χ4n) is 2.37. The summed E-state index contributed by atoms with van der Waals surface area (Å²) < 4.78 is 0. The summed E-state index contributed by atoms with van der Waals surface area (Å²) in [5.74, 6) is 0. The standard InChI is InChI=1S/C13H19NO.ClH/c1-10-5-3-6-12(11(10)2)13(15)7-4-8-14-9-13;/h3,5-6,14-15H,4,7-9H2,1-2H3;1H. The highest BCUT2D eigenvalue weighted by Gasteiger charge is 2.32. The molecule has 1 heterocycles. The van der Waals surface area contributed by atoms with Gasteiger partial charge in [0.05, 0.1) is 0 Å². The number of piperidine rings is 1. The average molecular weight is 242 g/mol. The minimum absolute atomic E-state index is 0. The van der Waals surface area contributed by atoms with Crippen molar-refractivity contribution in [3.63, 3.8) is 0 Å². The first-order valence-corrected chi connectivity index (χ1v) is 5.63. The maximum Gasteiger partial charge on any atom is 0.102 e. The fourth-order valence-corrected chi connectivity index (χ4v) is 2.37. The van der Waals surface area contributed by atoms with Crippen molar-refractivity contribution in [1.29, 1.82) is 0 Å². The Labute approximate surface area is 103 Å². The molecule has 3 heteroatoms. The molecule has 1 saturated heterocycles. The molecule has 2 nitrogen and oxygen atoms in total. The van der Waals surface area contributed by atoms with Crippen LogP contribution >= 0.6 is 12.4 Å². The molecular formula is C13H20ClNO. The van der Waals surface area contributed by atoms with Gasteiger partial charge >= 0.3 is 0 Å². The molecule has 90 valence electrons. The molecule has 1 aromatic rings. The van der Waals surface area contributed by atoms with E-state index in [1.165, 1.54) is 11.1 Å². The molecule has 1 aliphatic heterocycles. The summed E-state index contributed by atoms with van der Waals surface area (Å²) in [4.78, 5) is 0. The average Bonchev–Trinajstić information content (AvgIpc) is 2.23. The van der Waals surface area contributed by atoms with Crippen LogP contribution in [0.1, 0.15) is 29.5 Å². The van der Waals surface area contributed by atoms with E-state index in [-0.39, 0.29) is 12.4 Å². The highest BCUT2D eigenvalue weighted by atomic mass is 35.5. The second-order valence-electron chi connectivity index (χ2n) is 4.56. The van der Waals surface area contributed by atoms with E-state index < -0.39 is 5.60 Å². The minimum atomic E-state index is -0.658. The summed E-state index contributed by atoms with van der Waals surface area (Å²) in [6.07, 6.45) is 1.91. The van der Waals surface area contributed by atoms with Gasteiger partial charge in [-0.25, -0.2) is 0 Å². The van der Waals surface area contributed by atoms with Crippen LogP contribution in [-0.2, 0) is 5.60 Å². The molecule has 1 aliphatic rings. The van der Waals surface area contributed by atoms with Crippen molar-refractivity contribution >= 4 is 12.4 Å². The smallest absolute Gasteiger partial charge is 0.102 e. The number of aryl methyl sites for hydroxylation is 1. The maximum absolute atomic E-state index is 10.6. The Morgan fingerprint density at radius 2 is 2.06 bits per heavy atom. The summed E-state index contributed by atoms with van der Waals surface area (Å²) in [6.45, 7) is 5.89. The number of benzene rings is 1. The van der Waals surface area contributed by atoms with Gasteiger partial charge in [0.25, 0.3) is 0 Å². The molecule has 16 heavy (non-hydrogen) atoms. The van der Waals surface area contributed by atoms with E-state index >= 15 is 0 Å². The lowest BCUT2D eigenvalue weighted by Gasteiger charge is -2.34. The van der Waals surface area contributed by atoms with Crippen molar-refractivity contribution in [3.05, 3.63) is 34.9 Å². The zero-order valence-corrected chi connectivity index (χ0v) is 10.7. The van der Waals surface area contributed by atoms with E-state index in [0.717, 1.165) is 24.9 Å². The summed E-state index contributed by atoms with van der Waals surface area (Å²) >= 11 is 0. The molecule has 2 N–H and O–H groups in total. The predicted octanol–water partition coefficient (Wildman–Crippen LogP) is 2.30. The SMILES string of the molecule is Cc1cccc(C2(O)CCCNC2)c1C.Cl. The van der Waals surface area contributed by atoms with Crippen molar-refractivity contribution in [3.8, 4) is 0 Å². The third kappa shape index (κ3) is 2.40. The van der Waals surface area contributed by atoms with E-state index in [2.05, 4.69) is 31.3 Å². The molecule has 0 radical (unpaired) electrons. The van der Waals surface area contributed by atoms with Crippen LogP contribution in [0.15, 0.2) is 18.2 Å². The minimum Gasteiger partial charge on any atom is -0.384 e. The number of aliphatic hydroxyl groups is 1. The monoisotopic (exact) mass is 241 g/mol. The van der Waals surface area contributed by atoms with E-state index in [4.69, 9.17) is 0 Å². The quantitative estimate of drug-likeness (QED) is 0.791. The molecule has 0 amide bonds. The van der Waals surface area contributed by atoms with Gasteiger partial charge in [0.1, 0.15) is 5.60 Å². The van der Waals surface area contributed by atoms with Gasteiger partial charge in [0.2, 0.25) is 0 Å². The highest BCUT2D eigenvalue weighted by molar-refractivity contribution is 5.85. The van der Waals surface area contributed by atoms with E-state index in [1.54, 1.807) is 0 Å². The van der Waals surface area contributed by atoms with Crippen molar-refractivity contribution in [1.82, 2.24) is 5.32 Å². The van der Waals surface area contributed by atoms with Gasteiger partial charge in [0.15, 0.2) is 0 Å². The zero-order chi connectivity index (χ0) is 10.9. The number of halogens is 1. The summed E-state index contributed by atoms with van der Waals surface area (Å²) in [7, 11) is 0. The van der Waals surface area contributed by atoms with Crippen molar-refractivity contribution in [2.45, 2.75) is 32.3 Å². The second kappa shape index (κ2) is 5.17. The molecular weight excluding hydrogens is 222 g/mol.